The van der Waals surface area contributed by atoms with Crippen LogP contribution in [0.2, 0.25) is 0 Å². The summed E-state index contributed by atoms with van der Waals surface area (Å²) in [5, 5.41) is 0. The molecular weight excluding hydrogens is 306 g/mol. The minimum absolute atomic E-state index is 0.0369. The second-order valence-electron chi connectivity index (χ2n) is 6.52. The van der Waals surface area contributed by atoms with E-state index < -0.39 is 11.2 Å². The minimum Gasteiger partial charge on any atom is -0.331 e. The smallest absolute Gasteiger partial charge is 0.328 e. The number of nitrogens with zero attached hydrogens (tertiary/aromatic N) is 2. The first-order chi connectivity index (χ1) is 11.6. The molecule has 0 spiro atoms. The molecule has 0 unspecified atom stereocenters. The first-order valence-electron chi connectivity index (χ1n) is 8.32. The number of rotatable bonds is 4. The maximum absolute atomic E-state index is 12.9. The van der Waals surface area contributed by atoms with E-state index in [1.54, 1.807) is 0 Å². The number of nitrogens with one attached hydrogen (secondary N) is 1. The Morgan fingerprint density at radius 1 is 1.17 bits per heavy atom. The molecule has 0 saturated heterocycles. The largest absolute Gasteiger partial charge is 0.331 e. The average molecular weight is 325 g/mol. The highest BCUT2D eigenvalue weighted by Gasteiger charge is 2.40. The SMILES string of the molecule is O=C(Cn1ccc(=O)[nH]c1=O)N(C1CC1)[C@@H]1CCc2ccccc21. The Bertz CT molecular complexity index is 895. The second kappa shape index (κ2) is 5.78. The van der Waals surface area contributed by atoms with Crippen LogP contribution in [-0.2, 0) is 17.8 Å². The van der Waals surface area contributed by atoms with E-state index in [0.29, 0.717) is 0 Å². The second-order valence-corrected chi connectivity index (χ2v) is 6.52. The van der Waals surface area contributed by atoms with Crippen molar-refractivity contribution in [1.82, 2.24) is 14.5 Å². The fourth-order valence-corrected chi connectivity index (χ4v) is 3.60. The van der Waals surface area contributed by atoms with E-state index in [-0.39, 0.29) is 24.5 Å². The van der Waals surface area contributed by atoms with Crippen LogP contribution < -0.4 is 11.2 Å². The highest BCUT2D eigenvalue weighted by molar-refractivity contribution is 5.77. The molecule has 6 nitrogen and oxygen atoms in total. The van der Waals surface area contributed by atoms with Crippen molar-refractivity contribution in [3.05, 3.63) is 68.5 Å². The van der Waals surface area contributed by atoms with Crippen molar-refractivity contribution in [1.29, 1.82) is 0 Å². The number of hydrogen-bond donors (Lipinski definition) is 1. The molecule has 0 radical (unpaired) electrons. The van der Waals surface area contributed by atoms with Gasteiger partial charge in [-0.25, -0.2) is 4.79 Å². The molecule has 1 amide bonds. The molecule has 1 atom stereocenters. The normalized spacial score (nSPS) is 19.1. The number of aromatic nitrogens is 2. The lowest BCUT2D eigenvalue weighted by Crippen LogP contribution is -2.41. The Morgan fingerprint density at radius 2 is 1.96 bits per heavy atom. The van der Waals surface area contributed by atoms with Crippen molar-refractivity contribution in [3.8, 4) is 0 Å². The first kappa shape index (κ1) is 14.9. The molecule has 124 valence electrons. The number of aryl methyl sites for hydroxylation is 1. The lowest BCUT2D eigenvalue weighted by Gasteiger charge is -2.30. The van der Waals surface area contributed by atoms with Crippen molar-refractivity contribution in [2.75, 3.05) is 0 Å². The number of carbonyl (C=O) groups is 1. The van der Waals surface area contributed by atoms with E-state index in [4.69, 9.17) is 0 Å². The Balaban J connectivity index is 1.61. The van der Waals surface area contributed by atoms with Crippen molar-refractivity contribution < 1.29 is 4.79 Å². The summed E-state index contributed by atoms with van der Waals surface area (Å²) in [5.74, 6) is -0.0617. The van der Waals surface area contributed by atoms with Gasteiger partial charge in [0, 0.05) is 18.3 Å². The van der Waals surface area contributed by atoms with Crippen LogP contribution in [0.15, 0.2) is 46.1 Å². The number of fused-ring (bicyclic) bond motifs is 1. The third-order valence-electron chi connectivity index (χ3n) is 4.87. The van der Waals surface area contributed by atoms with Gasteiger partial charge in [-0.05, 0) is 36.8 Å². The summed E-state index contributed by atoms with van der Waals surface area (Å²) in [4.78, 5) is 40.1. The maximum atomic E-state index is 12.9. The molecule has 2 aliphatic rings. The monoisotopic (exact) mass is 325 g/mol. The summed E-state index contributed by atoms with van der Waals surface area (Å²) >= 11 is 0. The van der Waals surface area contributed by atoms with Crippen LogP contribution in [0, 0.1) is 0 Å². The maximum Gasteiger partial charge on any atom is 0.328 e. The zero-order valence-electron chi connectivity index (χ0n) is 13.3. The summed E-state index contributed by atoms with van der Waals surface area (Å²) in [7, 11) is 0. The molecule has 0 bridgehead atoms. The van der Waals surface area contributed by atoms with Crippen molar-refractivity contribution >= 4 is 5.91 Å². The van der Waals surface area contributed by atoms with Crippen LogP contribution in [-0.4, -0.2) is 26.4 Å². The topological polar surface area (TPSA) is 75.2 Å². The van der Waals surface area contributed by atoms with E-state index in [9.17, 15) is 14.4 Å². The van der Waals surface area contributed by atoms with Gasteiger partial charge >= 0.3 is 5.69 Å². The number of benzene rings is 1. The first-order valence-corrected chi connectivity index (χ1v) is 8.32. The van der Waals surface area contributed by atoms with E-state index in [2.05, 4.69) is 17.1 Å². The average Bonchev–Trinajstić information content (AvgIpc) is 3.31. The quantitative estimate of drug-likeness (QED) is 0.918. The van der Waals surface area contributed by atoms with Crippen LogP contribution in [0.25, 0.3) is 0 Å². The van der Waals surface area contributed by atoms with Gasteiger partial charge in [-0.15, -0.1) is 0 Å². The van der Waals surface area contributed by atoms with Gasteiger partial charge in [0.1, 0.15) is 6.54 Å². The van der Waals surface area contributed by atoms with Gasteiger partial charge < -0.3 is 4.90 Å². The highest BCUT2D eigenvalue weighted by atomic mass is 16.2. The zero-order valence-corrected chi connectivity index (χ0v) is 13.3. The van der Waals surface area contributed by atoms with Crippen LogP contribution in [0.1, 0.15) is 36.4 Å². The molecule has 24 heavy (non-hydrogen) atoms. The van der Waals surface area contributed by atoms with Gasteiger partial charge in [-0.1, -0.05) is 24.3 Å². The Kier molecular flexibility index (Phi) is 3.59. The minimum atomic E-state index is -0.543. The lowest BCUT2D eigenvalue weighted by atomic mass is 10.1. The third kappa shape index (κ3) is 2.68. The number of H-pyrrole nitrogens is 1. The van der Waals surface area contributed by atoms with Gasteiger partial charge in [0.25, 0.3) is 5.56 Å². The zero-order chi connectivity index (χ0) is 16.7. The van der Waals surface area contributed by atoms with Crippen LogP contribution in [0.4, 0.5) is 0 Å². The number of carbonyl (C=O) groups excluding carboxylic acids is 1. The molecule has 1 saturated carbocycles. The van der Waals surface area contributed by atoms with E-state index >= 15 is 0 Å². The molecule has 1 N–H and O–H groups in total. The van der Waals surface area contributed by atoms with Crippen LogP contribution in [0.5, 0.6) is 0 Å². The molecule has 1 aromatic heterocycles. The Labute approximate surface area is 138 Å². The van der Waals surface area contributed by atoms with Gasteiger partial charge in [0.15, 0.2) is 0 Å². The summed E-state index contributed by atoms with van der Waals surface area (Å²) in [6.07, 6.45) is 5.33. The van der Waals surface area contributed by atoms with Crippen LogP contribution in [0.3, 0.4) is 0 Å². The fraction of sp³-hybridized carbons (Fsp3) is 0.389. The molecule has 4 rings (SSSR count). The molecule has 1 fully saturated rings. The predicted molar refractivity (Wildman–Crippen MR) is 88.7 cm³/mol. The van der Waals surface area contributed by atoms with Gasteiger partial charge in [0.05, 0.1) is 6.04 Å². The number of aromatic amines is 1. The van der Waals surface area contributed by atoms with Gasteiger partial charge in [-0.2, -0.15) is 0 Å². The van der Waals surface area contributed by atoms with Crippen LogP contribution >= 0.6 is 0 Å². The Hall–Kier alpha value is -2.63. The molecule has 1 aromatic carbocycles. The lowest BCUT2D eigenvalue weighted by molar-refractivity contribution is -0.135. The number of amides is 1. The standard InChI is InChI=1S/C18H19N3O3/c22-16-9-10-20(18(24)19-16)11-17(23)21(13-6-7-13)15-8-5-12-3-1-2-4-14(12)15/h1-4,9-10,13,15H,5-8,11H2,(H,19,22,24)/t15-/m1/s1. The van der Waals surface area contributed by atoms with Gasteiger partial charge in [-0.3, -0.25) is 19.1 Å². The third-order valence-corrected chi connectivity index (χ3v) is 4.87. The van der Waals surface area contributed by atoms with E-state index in [0.717, 1.165) is 25.7 Å². The van der Waals surface area contributed by atoms with Gasteiger partial charge in [0.2, 0.25) is 5.91 Å². The van der Waals surface area contributed by atoms with E-state index in [1.165, 1.54) is 28.0 Å². The van der Waals surface area contributed by atoms with Crippen molar-refractivity contribution in [2.24, 2.45) is 0 Å². The predicted octanol–water partition coefficient (Wildman–Crippen LogP) is 1.22. The number of hydrogen-bond acceptors (Lipinski definition) is 3. The molecule has 2 aliphatic carbocycles. The van der Waals surface area contributed by atoms with Crippen molar-refractivity contribution in [3.63, 3.8) is 0 Å². The van der Waals surface area contributed by atoms with E-state index in [1.807, 2.05) is 17.0 Å². The van der Waals surface area contributed by atoms with Crippen molar-refractivity contribution in [2.45, 2.75) is 44.3 Å². The highest BCUT2D eigenvalue weighted by Crippen LogP contribution is 2.41. The Morgan fingerprint density at radius 3 is 2.71 bits per heavy atom. The summed E-state index contributed by atoms with van der Waals surface area (Å²) in [6.45, 7) is -0.0369. The summed E-state index contributed by atoms with van der Waals surface area (Å²) in [5.41, 5.74) is 1.54. The summed E-state index contributed by atoms with van der Waals surface area (Å²) < 4.78 is 1.26. The fourth-order valence-electron chi connectivity index (χ4n) is 3.60. The molecule has 0 aliphatic heterocycles. The molecule has 6 heteroatoms. The summed E-state index contributed by atoms with van der Waals surface area (Å²) in [6, 6.07) is 9.90. The molecule has 2 aromatic rings. The molecular formula is C18H19N3O3. The molecule has 1 heterocycles.